The molecule has 0 heterocycles. The average molecular weight is 170 g/mol. The number of rotatable bonds is 7. The second-order valence-electron chi connectivity index (χ2n) is 3.75. The number of hydrogen-bond acceptors (Lipinski definition) is 2. The third kappa shape index (κ3) is 6.68. The Morgan fingerprint density at radius 2 is 1.92 bits per heavy atom. The Kier molecular flexibility index (Phi) is 6.49. The summed E-state index contributed by atoms with van der Waals surface area (Å²) in [6, 6.07) is 0. The van der Waals surface area contributed by atoms with E-state index in [2.05, 4.69) is 13.8 Å². The summed E-state index contributed by atoms with van der Waals surface area (Å²) in [7, 11) is 7.14. The molecule has 0 aromatic carbocycles. The zero-order valence-electron chi connectivity index (χ0n) is 8.43. The predicted molar refractivity (Wildman–Crippen MR) is 51.7 cm³/mol. The van der Waals surface area contributed by atoms with Gasteiger partial charge in [0.25, 0.3) is 0 Å². The highest BCUT2D eigenvalue weighted by Gasteiger charge is 2.15. The Labute approximate surface area is 77.0 Å². The van der Waals surface area contributed by atoms with Crippen LogP contribution in [-0.4, -0.2) is 34.8 Å². The summed E-state index contributed by atoms with van der Waals surface area (Å²) < 4.78 is 10.3. The lowest BCUT2D eigenvalue weighted by Gasteiger charge is -2.23. The number of ether oxygens (including phenoxy) is 2. The molecule has 0 aliphatic rings. The van der Waals surface area contributed by atoms with Crippen LogP contribution in [0.15, 0.2) is 0 Å². The molecule has 70 valence electrons. The molecule has 0 amide bonds. The van der Waals surface area contributed by atoms with E-state index in [0.29, 0.717) is 13.2 Å². The second kappa shape index (κ2) is 6.50. The fraction of sp³-hybridized carbons (Fsp3) is 1.00. The van der Waals surface area contributed by atoms with Gasteiger partial charge in [-0.05, 0) is 5.41 Å². The van der Waals surface area contributed by atoms with Crippen LogP contribution in [0.2, 0.25) is 6.32 Å². The normalized spacial score (nSPS) is 11.9. The maximum absolute atomic E-state index is 5.46. The van der Waals surface area contributed by atoms with Crippen molar-refractivity contribution in [2.24, 2.45) is 5.41 Å². The molecule has 0 saturated carbocycles. The van der Waals surface area contributed by atoms with Crippen molar-refractivity contribution in [3.63, 3.8) is 0 Å². The molecule has 0 rings (SSSR count). The van der Waals surface area contributed by atoms with Gasteiger partial charge in [-0.1, -0.05) is 26.6 Å². The standard InChI is InChI=1S/C9H19BO2/c1-9(2,4-5-10)8-12-7-6-11-3/h4-8H2,1-3H3. The molecule has 0 bridgehead atoms. The minimum atomic E-state index is 0.197. The SMILES string of the molecule is [B]CCC(C)(C)COCCOC. The summed E-state index contributed by atoms with van der Waals surface area (Å²) in [4.78, 5) is 0. The van der Waals surface area contributed by atoms with Gasteiger partial charge in [-0.25, -0.2) is 0 Å². The van der Waals surface area contributed by atoms with Crippen molar-refractivity contribution < 1.29 is 9.47 Å². The first-order valence-corrected chi connectivity index (χ1v) is 4.39. The lowest BCUT2D eigenvalue weighted by molar-refractivity contribution is 0.0267. The quantitative estimate of drug-likeness (QED) is 0.427. The summed E-state index contributed by atoms with van der Waals surface area (Å²) in [5, 5.41) is 0. The van der Waals surface area contributed by atoms with E-state index < -0.39 is 0 Å². The minimum absolute atomic E-state index is 0.197. The Morgan fingerprint density at radius 1 is 1.25 bits per heavy atom. The molecule has 12 heavy (non-hydrogen) atoms. The monoisotopic (exact) mass is 170 g/mol. The van der Waals surface area contributed by atoms with Crippen LogP contribution in [0.4, 0.5) is 0 Å². The highest BCUT2D eigenvalue weighted by Crippen LogP contribution is 2.21. The number of methoxy groups -OCH3 is 1. The maximum atomic E-state index is 5.46. The summed E-state index contributed by atoms with van der Waals surface area (Å²) in [5.41, 5.74) is 0.197. The van der Waals surface area contributed by atoms with E-state index in [1.54, 1.807) is 7.11 Å². The van der Waals surface area contributed by atoms with E-state index in [4.69, 9.17) is 17.3 Å². The average Bonchev–Trinajstić information content (AvgIpc) is 1.98. The first-order valence-electron chi connectivity index (χ1n) is 4.39. The first-order chi connectivity index (χ1) is 5.62. The van der Waals surface area contributed by atoms with Crippen LogP contribution in [0.3, 0.4) is 0 Å². The third-order valence-electron chi connectivity index (χ3n) is 1.75. The summed E-state index contributed by atoms with van der Waals surface area (Å²) in [5.74, 6) is 0. The minimum Gasteiger partial charge on any atom is -0.382 e. The van der Waals surface area contributed by atoms with Crippen molar-refractivity contribution >= 4 is 7.85 Å². The van der Waals surface area contributed by atoms with Crippen LogP contribution in [-0.2, 0) is 9.47 Å². The van der Waals surface area contributed by atoms with Crippen molar-refractivity contribution in [2.45, 2.75) is 26.6 Å². The predicted octanol–water partition coefficient (Wildman–Crippen LogP) is 1.65. The van der Waals surface area contributed by atoms with Crippen LogP contribution < -0.4 is 0 Å². The van der Waals surface area contributed by atoms with Gasteiger partial charge in [-0.2, -0.15) is 0 Å². The van der Waals surface area contributed by atoms with Crippen LogP contribution in [0.5, 0.6) is 0 Å². The molecule has 3 heteroatoms. The van der Waals surface area contributed by atoms with Crippen molar-refractivity contribution in [2.75, 3.05) is 26.9 Å². The molecule has 0 saturated heterocycles. The fourth-order valence-corrected chi connectivity index (χ4v) is 0.954. The number of hydrogen-bond donors (Lipinski definition) is 0. The van der Waals surface area contributed by atoms with Crippen LogP contribution in [0.1, 0.15) is 20.3 Å². The van der Waals surface area contributed by atoms with Crippen molar-refractivity contribution in [1.82, 2.24) is 0 Å². The van der Waals surface area contributed by atoms with E-state index in [1.807, 2.05) is 0 Å². The van der Waals surface area contributed by atoms with Gasteiger partial charge >= 0.3 is 0 Å². The largest absolute Gasteiger partial charge is 0.382 e. The van der Waals surface area contributed by atoms with Gasteiger partial charge in [0.2, 0.25) is 0 Å². The zero-order chi connectivity index (χ0) is 9.45. The van der Waals surface area contributed by atoms with Crippen LogP contribution >= 0.6 is 0 Å². The molecule has 0 atom stereocenters. The Balaban J connectivity index is 3.33. The highest BCUT2D eigenvalue weighted by molar-refractivity contribution is 6.08. The molecule has 0 spiro atoms. The molecular weight excluding hydrogens is 151 g/mol. The summed E-state index contributed by atoms with van der Waals surface area (Å²) >= 11 is 0. The van der Waals surface area contributed by atoms with Crippen molar-refractivity contribution in [3.05, 3.63) is 0 Å². The lowest BCUT2D eigenvalue weighted by Crippen LogP contribution is -2.20. The molecule has 0 aliphatic carbocycles. The summed E-state index contributed by atoms with van der Waals surface area (Å²) in [6.07, 6.45) is 1.72. The van der Waals surface area contributed by atoms with E-state index in [1.165, 1.54) is 0 Å². The maximum Gasteiger partial charge on any atom is 0.0700 e. The molecule has 2 radical (unpaired) electrons. The van der Waals surface area contributed by atoms with Crippen molar-refractivity contribution in [3.8, 4) is 0 Å². The molecule has 0 fully saturated rings. The zero-order valence-corrected chi connectivity index (χ0v) is 8.43. The lowest BCUT2D eigenvalue weighted by atomic mass is 9.83. The molecular formula is C9H19BO2. The Bertz CT molecular complexity index is 105. The molecule has 0 aromatic rings. The van der Waals surface area contributed by atoms with E-state index in [-0.39, 0.29) is 5.41 Å². The molecule has 0 aromatic heterocycles. The Hall–Kier alpha value is -0.0151. The van der Waals surface area contributed by atoms with E-state index in [9.17, 15) is 0 Å². The topological polar surface area (TPSA) is 18.5 Å². The van der Waals surface area contributed by atoms with Gasteiger partial charge in [0, 0.05) is 7.11 Å². The Morgan fingerprint density at radius 3 is 2.42 bits per heavy atom. The molecule has 0 aliphatic heterocycles. The first kappa shape index (κ1) is 12.0. The van der Waals surface area contributed by atoms with E-state index in [0.717, 1.165) is 19.3 Å². The van der Waals surface area contributed by atoms with Gasteiger partial charge in [-0.3, -0.25) is 0 Å². The molecule has 2 nitrogen and oxygen atoms in total. The molecule has 0 unspecified atom stereocenters. The van der Waals surface area contributed by atoms with Gasteiger partial charge in [0.1, 0.15) is 0 Å². The third-order valence-corrected chi connectivity index (χ3v) is 1.75. The van der Waals surface area contributed by atoms with Gasteiger partial charge in [-0.15, -0.1) is 0 Å². The van der Waals surface area contributed by atoms with Gasteiger partial charge < -0.3 is 9.47 Å². The van der Waals surface area contributed by atoms with E-state index >= 15 is 0 Å². The van der Waals surface area contributed by atoms with Gasteiger partial charge in [0.05, 0.1) is 27.7 Å². The second-order valence-corrected chi connectivity index (χ2v) is 3.75. The summed E-state index contributed by atoms with van der Waals surface area (Å²) in [6.45, 7) is 6.41. The fourth-order valence-electron chi connectivity index (χ4n) is 0.954. The van der Waals surface area contributed by atoms with Crippen LogP contribution in [0, 0.1) is 5.41 Å². The highest BCUT2D eigenvalue weighted by atomic mass is 16.5. The van der Waals surface area contributed by atoms with Gasteiger partial charge in [0.15, 0.2) is 0 Å². The molecule has 0 N–H and O–H groups in total. The van der Waals surface area contributed by atoms with Crippen LogP contribution in [0.25, 0.3) is 0 Å². The smallest absolute Gasteiger partial charge is 0.0700 e. The van der Waals surface area contributed by atoms with Crippen molar-refractivity contribution in [1.29, 1.82) is 0 Å².